The predicted octanol–water partition coefficient (Wildman–Crippen LogP) is 1.59. The minimum atomic E-state index is -0.302. The van der Waals surface area contributed by atoms with Crippen LogP contribution in [-0.4, -0.2) is 59.5 Å². The fourth-order valence-electron chi connectivity index (χ4n) is 4.07. The molecule has 25 heavy (non-hydrogen) atoms. The summed E-state index contributed by atoms with van der Waals surface area (Å²) in [4.78, 5) is 28.3. The molecule has 2 heterocycles. The molecular formula is C19H25FN2O3. The molecule has 0 radical (unpaired) electrons. The smallest absolute Gasteiger partial charge is 0.227 e. The molecule has 1 N–H and O–H groups in total. The zero-order valence-corrected chi connectivity index (χ0v) is 14.4. The second kappa shape index (κ2) is 7.52. The van der Waals surface area contributed by atoms with Crippen molar-refractivity contribution in [3.05, 3.63) is 35.6 Å². The molecule has 1 atom stereocenters. The number of carbonyl (C=O) groups excluding carboxylic acids is 2. The highest BCUT2D eigenvalue weighted by Crippen LogP contribution is 2.38. The number of likely N-dealkylation sites (tertiary alicyclic amines) is 2. The van der Waals surface area contributed by atoms with E-state index in [1.54, 1.807) is 17.0 Å². The molecule has 2 saturated heterocycles. The van der Waals surface area contributed by atoms with Gasteiger partial charge < -0.3 is 14.9 Å². The summed E-state index contributed by atoms with van der Waals surface area (Å²) in [6.45, 7) is 2.34. The van der Waals surface area contributed by atoms with Crippen molar-refractivity contribution in [1.82, 2.24) is 9.80 Å². The maximum Gasteiger partial charge on any atom is 0.227 e. The Balaban J connectivity index is 1.64. The molecule has 2 aliphatic rings. The summed E-state index contributed by atoms with van der Waals surface area (Å²) in [5.41, 5.74) is 0.756. The lowest BCUT2D eigenvalue weighted by atomic mass is 9.73. The van der Waals surface area contributed by atoms with Gasteiger partial charge in [0.2, 0.25) is 11.8 Å². The van der Waals surface area contributed by atoms with Gasteiger partial charge in [0.25, 0.3) is 0 Å². The summed E-state index contributed by atoms with van der Waals surface area (Å²) in [5, 5.41) is 9.16. The molecule has 1 unspecified atom stereocenters. The quantitative estimate of drug-likeness (QED) is 0.899. The molecule has 2 fully saturated rings. The molecule has 0 bridgehead atoms. The van der Waals surface area contributed by atoms with E-state index in [0.29, 0.717) is 26.1 Å². The fraction of sp³-hybridized carbons (Fsp3) is 0.579. The van der Waals surface area contributed by atoms with Crippen LogP contribution in [0.3, 0.4) is 0 Å². The van der Waals surface area contributed by atoms with E-state index < -0.39 is 0 Å². The first-order valence-electron chi connectivity index (χ1n) is 8.92. The van der Waals surface area contributed by atoms with Gasteiger partial charge in [0.05, 0.1) is 13.0 Å². The summed E-state index contributed by atoms with van der Waals surface area (Å²) in [6.07, 6.45) is 3.49. The van der Waals surface area contributed by atoms with Gasteiger partial charge in [-0.3, -0.25) is 9.59 Å². The Bertz CT molecular complexity index is 634. The molecule has 136 valence electrons. The number of piperidine rings is 2. The number of aliphatic hydroxyl groups is 1. The first-order valence-corrected chi connectivity index (χ1v) is 8.92. The van der Waals surface area contributed by atoms with E-state index in [9.17, 15) is 14.0 Å². The number of hydrogen-bond acceptors (Lipinski definition) is 3. The highest BCUT2D eigenvalue weighted by atomic mass is 19.1. The summed E-state index contributed by atoms with van der Waals surface area (Å²) < 4.78 is 13.0. The lowest BCUT2D eigenvalue weighted by Crippen LogP contribution is -2.55. The lowest BCUT2D eigenvalue weighted by Gasteiger charge is -2.48. The van der Waals surface area contributed by atoms with Crippen LogP contribution in [0.5, 0.6) is 0 Å². The Kier molecular flexibility index (Phi) is 5.37. The number of carbonyl (C=O) groups is 2. The number of benzene rings is 1. The average Bonchev–Trinajstić information content (AvgIpc) is 2.61. The van der Waals surface area contributed by atoms with E-state index in [0.717, 1.165) is 31.4 Å². The van der Waals surface area contributed by atoms with Crippen molar-refractivity contribution in [2.24, 2.45) is 5.41 Å². The molecular weight excluding hydrogens is 323 g/mol. The van der Waals surface area contributed by atoms with Gasteiger partial charge in [0, 0.05) is 38.0 Å². The first-order chi connectivity index (χ1) is 12.0. The number of β-amino-alcohol motifs (C(OH)–C–C–N with tert-alkyl or cyclic N) is 1. The van der Waals surface area contributed by atoms with Crippen LogP contribution in [0.4, 0.5) is 4.39 Å². The summed E-state index contributed by atoms with van der Waals surface area (Å²) >= 11 is 0. The Hall–Kier alpha value is -1.95. The van der Waals surface area contributed by atoms with E-state index in [-0.39, 0.29) is 36.1 Å². The Morgan fingerprint density at radius 2 is 1.96 bits per heavy atom. The molecule has 0 aromatic heterocycles. The Morgan fingerprint density at radius 1 is 1.20 bits per heavy atom. The molecule has 5 nitrogen and oxygen atoms in total. The maximum absolute atomic E-state index is 13.0. The van der Waals surface area contributed by atoms with Gasteiger partial charge in [0.1, 0.15) is 5.82 Å². The number of amides is 2. The minimum absolute atomic E-state index is 0.0327. The molecule has 2 amide bonds. The van der Waals surface area contributed by atoms with Crippen molar-refractivity contribution in [3.63, 3.8) is 0 Å². The zero-order chi connectivity index (χ0) is 17.9. The summed E-state index contributed by atoms with van der Waals surface area (Å²) in [7, 11) is 0. The van der Waals surface area contributed by atoms with Gasteiger partial charge in [-0.15, -0.1) is 0 Å². The lowest BCUT2D eigenvalue weighted by molar-refractivity contribution is -0.143. The van der Waals surface area contributed by atoms with E-state index in [1.165, 1.54) is 12.1 Å². The van der Waals surface area contributed by atoms with Crippen LogP contribution < -0.4 is 0 Å². The molecule has 1 aromatic rings. The largest absolute Gasteiger partial charge is 0.395 e. The molecule has 6 heteroatoms. The van der Waals surface area contributed by atoms with Gasteiger partial charge in [-0.2, -0.15) is 0 Å². The topological polar surface area (TPSA) is 60.9 Å². The van der Waals surface area contributed by atoms with Crippen molar-refractivity contribution in [3.8, 4) is 0 Å². The van der Waals surface area contributed by atoms with Gasteiger partial charge in [-0.05, 0) is 37.0 Å². The van der Waals surface area contributed by atoms with Crippen LogP contribution in [0.1, 0.15) is 31.2 Å². The van der Waals surface area contributed by atoms with Crippen LogP contribution in [0, 0.1) is 11.2 Å². The molecule has 1 spiro atoms. The summed E-state index contributed by atoms with van der Waals surface area (Å²) in [6, 6.07) is 6.05. The fourth-order valence-corrected chi connectivity index (χ4v) is 4.07. The second-order valence-electron chi connectivity index (χ2n) is 7.26. The van der Waals surface area contributed by atoms with E-state index in [1.807, 2.05) is 4.90 Å². The third kappa shape index (κ3) is 4.18. The third-order valence-corrected chi connectivity index (χ3v) is 5.40. The number of rotatable bonds is 4. The first kappa shape index (κ1) is 17.9. The van der Waals surface area contributed by atoms with Crippen molar-refractivity contribution in [1.29, 1.82) is 0 Å². The van der Waals surface area contributed by atoms with Gasteiger partial charge in [-0.1, -0.05) is 12.1 Å². The number of aliphatic hydroxyl groups excluding tert-OH is 1. The van der Waals surface area contributed by atoms with Gasteiger partial charge >= 0.3 is 0 Å². The van der Waals surface area contributed by atoms with Crippen LogP contribution in [-0.2, 0) is 16.0 Å². The van der Waals surface area contributed by atoms with Crippen LogP contribution in [0.15, 0.2) is 24.3 Å². The van der Waals surface area contributed by atoms with Crippen molar-refractivity contribution >= 4 is 11.8 Å². The predicted molar refractivity (Wildman–Crippen MR) is 91.3 cm³/mol. The number of hydrogen-bond donors (Lipinski definition) is 1. The van der Waals surface area contributed by atoms with E-state index in [2.05, 4.69) is 0 Å². The Morgan fingerprint density at radius 3 is 2.68 bits per heavy atom. The van der Waals surface area contributed by atoms with Crippen molar-refractivity contribution in [2.75, 3.05) is 32.8 Å². The third-order valence-electron chi connectivity index (χ3n) is 5.40. The minimum Gasteiger partial charge on any atom is -0.395 e. The van der Waals surface area contributed by atoms with Gasteiger partial charge in [-0.25, -0.2) is 4.39 Å². The SMILES string of the molecule is O=C1CCC2(CCCN(C(=O)Cc3ccc(F)cc3)C2)CN1CCO. The molecule has 0 saturated carbocycles. The van der Waals surface area contributed by atoms with Crippen molar-refractivity contribution in [2.45, 2.75) is 32.1 Å². The molecule has 2 aliphatic heterocycles. The van der Waals surface area contributed by atoms with Crippen molar-refractivity contribution < 1.29 is 19.1 Å². The normalized spacial score (nSPS) is 24.0. The maximum atomic E-state index is 13.0. The molecule has 1 aromatic carbocycles. The summed E-state index contributed by atoms with van der Waals surface area (Å²) in [5.74, 6) is -0.158. The van der Waals surface area contributed by atoms with E-state index in [4.69, 9.17) is 5.11 Å². The van der Waals surface area contributed by atoms with Crippen LogP contribution in [0.25, 0.3) is 0 Å². The standard InChI is InChI=1S/C19H25FN2O3/c20-16-4-2-15(3-5-16)12-18(25)21-9-1-7-19(13-21)8-6-17(24)22(14-19)10-11-23/h2-5,23H,1,6-14H2. The zero-order valence-electron chi connectivity index (χ0n) is 14.4. The molecule has 3 rings (SSSR count). The van der Waals surface area contributed by atoms with E-state index >= 15 is 0 Å². The van der Waals surface area contributed by atoms with Gasteiger partial charge in [0.15, 0.2) is 0 Å². The average molecular weight is 348 g/mol. The Labute approximate surface area is 147 Å². The molecule has 0 aliphatic carbocycles. The number of halogens is 1. The number of nitrogens with zero attached hydrogens (tertiary/aromatic N) is 2. The van der Waals surface area contributed by atoms with Crippen LogP contribution in [0.2, 0.25) is 0 Å². The highest BCUT2D eigenvalue weighted by molar-refractivity contribution is 5.79. The highest BCUT2D eigenvalue weighted by Gasteiger charge is 2.42. The van der Waals surface area contributed by atoms with Crippen LogP contribution >= 0.6 is 0 Å². The monoisotopic (exact) mass is 348 g/mol. The second-order valence-corrected chi connectivity index (χ2v) is 7.26.